The minimum atomic E-state index is -0.448. The molecule has 1 aromatic carbocycles. The minimum Gasteiger partial charge on any atom is -0.462 e. The van der Waals surface area contributed by atoms with Crippen molar-refractivity contribution in [2.45, 2.75) is 6.92 Å². The Labute approximate surface area is 144 Å². The van der Waals surface area contributed by atoms with Crippen LogP contribution in [0, 0.1) is 22.7 Å². The van der Waals surface area contributed by atoms with Gasteiger partial charge in [-0.3, -0.25) is 0 Å². The van der Waals surface area contributed by atoms with Gasteiger partial charge in [-0.25, -0.2) is 9.78 Å². The van der Waals surface area contributed by atoms with Gasteiger partial charge < -0.3 is 14.8 Å². The second-order valence-corrected chi connectivity index (χ2v) is 4.66. The lowest BCUT2D eigenvalue weighted by Crippen LogP contribution is -2.05. The number of allylic oxidation sites excluding steroid dienone is 1. The van der Waals surface area contributed by atoms with Crippen molar-refractivity contribution in [1.29, 1.82) is 10.5 Å². The predicted octanol–water partition coefficient (Wildman–Crippen LogP) is 3.39. The zero-order valence-corrected chi connectivity index (χ0v) is 13.4. The van der Waals surface area contributed by atoms with Gasteiger partial charge in [0.05, 0.1) is 12.2 Å². The molecule has 0 amide bonds. The van der Waals surface area contributed by atoms with E-state index in [-0.39, 0.29) is 18.1 Å². The van der Waals surface area contributed by atoms with Crippen molar-refractivity contribution in [2.75, 3.05) is 11.9 Å². The molecule has 1 aromatic heterocycles. The fraction of sp³-hybridized carbons (Fsp3) is 0.111. The van der Waals surface area contributed by atoms with Crippen LogP contribution in [0.5, 0.6) is 11.6 Å². The molecule has 0 atom stereocenters. The topological polar surface area (TPSA) is 108 Å². The van der Waals surface area contributed by atoms with Gasteiger partial charge in [-0.15, -0.1) is 0 Å². The zero-order chi connectivity index (χ0) is 18.1. The molecule has 1 N–H and O–H groups in total. The van der Waals surface area contributed by atoms with Crippen LogP contribution < -0.4 is 10.1 Å². The van der Waals surface area contributed by atoms with Crippen molar-refractivity contribution in [1.82, 2.24) is 4.98 Å². The van der Waals surface area contributed by atoms with Crippen LogP contribution in [0.2, 0.25) is 0 Å². The number of benzene rings is 1. The summed E-state index contributed by atoms with van der Waals surface area (Å²) in [5, 5.41) is 20.3. The Balaban J connectivity index is 2.14. The van der Waals surface area contributed by atoms with Crippen LogP contribution in [0.15, 0.2) is 54.4 Å². The van der Waals surface area contributed by atoms with Crippen LogP contribution in [0.4, 0.5) is 5.69 Å². The number of aromatic nitrogens is 1. The molecule has 0 spiro atoms. The first kappa shape index (κ1) is 17.5. The molecule has 0 aliphatic heterocycles. The van der Waals surface area contributed by atoms with Crippen LogP contribution in [-0.2, 0) is 4.74 Å². The molecule has 0 saturated carbocycles. The summed E-state index contributed by atoms with van der Waals surface area (Å²) < 4.78 is 10.6. The van der Waals surface area contributed by atoms with Gasteiger partial charge in [0.1, 0.15) is 23.5 Å². The number of pyridine rings is 1. The van der Waals surface area contributed by atoms with E-state index in [0.717, 1.165) is 0 Å². The van der Waals surface area contributed by atoms with Gasteiger partial charge in [-0.2, -0.15) is 10.5 Å². The summed E-state index contributed by atoms with van der Waals surface area (Å²) in [4.78, 5) is 15.8. The van der Waals surface area contributed by atoms with E-state index >= 15 is 0 Å². The second-order valence-electron chi connectivity index (χ2n) is 4.66. The highest BCUT2D eigenvalue weighted by atomic mass is 16.5. The molecule has 0 saturated heterocycles. The molecule has 2 aromatic rings. The summed E-state index contributed by atoms with van der Waals surface area (Å²) in [6, 6.07) is 13.4. The highest BCUT2D eigenvalue weighted by Crippen LogP contribution is 2.23. The van der Waals surface area contributed by atoms with Crippen molar-refractivity contribution in [2.24, 2.45) is 0 Å². The average molecular weight is 334 g/mol. The van der Waals surface area contributed by atoms with Crippen molar-refractivity contribution in [3.8, 4) is 23.8 Å². The van der Waals surface area contributed by atoms with Gasteiger partial charge in [0.2, 0.25) is 5.88 Å². The zero-order valence-electron chi connectivity index (χ0n) is 13.4. The van der Waals surface area contributed by atoms with Gasteiger partial charge in [0.25, 0.3) is 0 Å². The lowest BCUT2D eigenvalue weighted by atomic mass is 10.2. The van der Waals surface area contributed by atoms with E-state index in [2.05, 4.69) is 10.3 Å². The number of carbonyl (C=O) groups excluding carboxylic acids is 1. The molecule has 0 unspecified atom stereocenters. The molecule has 2 rings (SSSR count). The number of carbonyl (C=O) groups is 1. The number of anilines is 1. The molecule has 25 heavy (non-hydrogen) atoms. The Morgan fingerprint density at radius 1 is 1.28 bits per heavy atom. The molecule has 0 aliphatic rings. The maximum absolute atomic E-state index is 11.7. The number of nitrogens with one attached hydrogen (secondary N) is 1. The van der Waals surface area contributed by atoms with Crippen LogP contribution in [0.3, 0.4) is 0 Å². The van der Waals surface area contributed by atoms with Crippen molar-refractivity contribution in [3.05, 3.63) is 59.9 Å². The Morgan fingerprint density at radius 2 is 2.08 bits per heavy atom. The second kappa shape index (κ2) is 8.70. The number of hydrogen-bond acceptors (Lipinski definition) is 7. The maximum atomic E-state index is 11.7. The van der Waals surface area contributed by atoms with Crippen LogP contribution in [0.25, 0.3) is 0 Å². The van der Waals surface area contributed by atoms with Crippen LogP contribution >= 0.6 is 0 Å². The Kier molecular flexibility index (Phi) is 6.10. The summed E-state index contributed by atoms with van der Waals surface area (Å²) in [5.74, 6) is 0.270. The highest BCUT2D eigenvalue weighted by molar-refractivity contribution is 5.89. The van der Waals surface area contributed by atoms with Crippen molar-refractivity contribution >= 4 is 11.7 Å². The molecule has 0 bridgehead atoms. The van der Waals surface area contributed by atoms with Crippen LogP contribution in [-0.4, -0.2) is 17.6 Å². The molecular weight excluding hydrogens is 320 g/mol. The van der Waals surface area contributed by atoms with Crippen LogP contribution in [0.1, 0.15) is 17.3 Å². The van der Waals surface area contributed by atoms with Gasteiger partial charge in [-0.05, 0) is 25.1 Å². The standard InChI is InChI=1S/C18H14N4O3/c1-2-24-18(23)14-6-7-21-17(8-14)25-16-5-3-4-15(9-16)22-12-13(10-19)11-20/h3-9,12,22H,2H2,1H3. The third-order valence-electron chi connectivity index (χ3n) is 2.93. The smallest absolute Gasteiger partial charge is 0.338 e. The van der Waals surface area contributed by atoms with E-state index in [1.54, 1.807) is 49.4 Å². The van der Waals surface area contributed by atoms with E-state index in [1.165, 1.54) is 18.5 Å². The third kappa shape index (κ3) is 5.08. The number of hydrogen-bond donors (Lipinski definition) is 1. The molecule has 0 aliphatic carbocycles. The SMILES string of the molecule is CCOC(=O)c1ccnc(Oc2cccc(NC=C(C#N)C#N)c2)c1. The number of ether oxygens (including phenoxy) is 2. The Morgan fingerprint density at radius 3 is 2.80 bits per heavy atom. The largest absolute Gasteiger partial charge is 0.462 e. The van der Waals surface area contributed by atoms with Gasteiger partial charge in [0.15, 0.2) is 0 Å². The first-order valence-corrected chi connectivity index (χ1v) is 7.34. The summed E-state index contributed by atoms with van der Waals surface area (Å²) in [5.41, 5.74) is 0.925. The Hall–Kier alpha value is -3.84. The first-order valence-electron chi connectivity index (χ1n) is 7.34. The lowest BCUT2D eigenvalue weighted by molar-refractivity contribution is 0.0526. The summed E-state index contributed by atoms with van der Waals surface area (Å²) in [6.45, 7) is 2.01. The van der Waals surface area contributed by atoms with E-state index in [0.29, 0.717) is 17.0 Å². The molecule has 1 heterocycles. The fourth-order valence-corrected chi connectivity index (χ4v) is 1.82. The Bertz CT molecular complexity index is 862. The highest BCUT2D eigenvalue weighted by Gasteiger charge is 2.09. The minimum absolute atomic E-state index is 0.0462. The lowest BCUT2D eigenvalue weighted by Gasteiger charge is -2.08. The molecule has 7 heteroatoms. The third-order valence-corrected chi connectivity index (χ3v) is 2.93. The molecule has 0 radical (unpaired) electrons. The molecule has 124 valence electrons. The first-order chi connectivity index (χ1) is 12.2. The monoisotopic (exact) mass is 334 g/mol. The summed E-state index contributed by atoms with van der Waals surface area (Å²) in [7, 11) is 0. The number of esters is 1. The van der Waals surface area contributed by atoms with Crippen molar-refractivity contribution in [3.63, 3.8) is 0 Å². The maximum Gasteiger partial charge on any atom is 0.338 e. The van der Waals surface area contributed by atoms with Gasteiger partial charge in [-0.1, -0.05) is 6.07 Å². The normalized spacial score (nSPS) is 9.24. The van der Waals surface area contributed by atoms with E-state index in [4.69, 9.17) is 20.0 Å². The molecular formula is C18H14N4O3. The van der Waals surface area contributed by atoms with E-state index in [9.17, 15) is 4.79 Å². The predicted molar refractivity (Wildman–Crippen MR) is 89.6 cm³/mol. The number of nitriles is 2. The fourth-order valence-electron chi connectivity index (χ4n) is 1.82. The van der Waals surface area contributed by atoms with Gasteiger partial charge in [0, 0.05) is 30.2 Å². The van der Waals surface area contributed by atoms with Gasteiger partial charge >= 0.3 is 5.97 Å². The summed E-state index contributed by atoms with van der Waals surface area (Å²) in [6.07, 6.45) is 2.76. The number of nitrogens with zero attached hydrogens (tertiary/aromatic N) is 3. The molecule has 7 nitrogen and oxygen atoms in total. The average Bonchev–Trinajstić information content (AvgIpc) is 2.63. The van der Waals surface area contributed by atoms with E-state index in [1.807, 2.05) is 0 Å². The quantitative estimate of drug-likeness (QED) is 0.637. The number of rotatable bonds is 6. The van der Waals surface area contributed by atoms with E-state index < -0.39 is 5.97 Å². The van der Waals surface area contributed by atoms with Crippen molar-refractivity contribution < 1.29 is 14.3 Å². The molecule has 0 fully saturated rings. The summed E-state index contributed by atoms with van der Waals surface area (Å²) >= 11 is 0.